The highest BCUT2D eigenvalue weighted by Crippen LogP contribution is 2.39. The molecule has 1 heterocycles. The summed E-state index contributed by atoms with van der Waals surface area (Å²) < 4.78 is 45.4. The Balaban J connectivity index is 2.14. The minimum atomic E-state index is -4.57. The van der Waals surface area contributed by atoms with E-state index >= 15 is 0 Å². The van der Waals surface area contributed by atoms with Gasteiger partial charge in [0.1, 0.15) is 5.58 Å². The number of carboxylic acid groups (broad SMARTS) is 1. The summed E-state index contributed by atoms with van der Waals surface area (Å²) in [6, 6.07) is 10.8. The number of hydrogen-bond donors (Lipinski definition) is 1. The molecular weight excluding hydrogens is 375 g/mol. The lowest BCUT2D eigenvalue weighted by Crippen LogP contribution is -2.20. The number of carboxylic acids is 1. The van der Waals surface area contributed by atoms with Crippen LogP contribution >= 0.6 is 0 Å². The third kappa shape index (κ3) is 4.00. The molecule has 3 aromatic rings. The van der Waals surface area contributed by atoms with Crippen LogP contribution in [0.25, 0.3) is 22.1 Å². The minimum absolute atomic E-state index is 0.0858. The maximum absolute atomic E-state index is 13.4. The van der Waals surface area contributed by atoms with Crippen molar-refractivity contribution in [3.05, 3.63) is 64.5 Å². The Morgan fingerprint density at radius 2 is 1.82 bits per heavy atom. The largest absolute Gasteiger partial charge is 0.481 e. The molecule has 0 bridgehead atoms. The molecule has 0 atom stereocenters. The molecule has 8 heteroatoms. The first kappa shape index (κ1) is 19.5. The molecule has 0 radical (unpaired) electrons. The summed E-state index contributed by atoms with van der Waals surface area (Å²) in [5, 5.41) is 9.15. The van der Waals surface area contributed by atoms with Gasteiger partial charge in [0.05, 0.1) is 12.0 Å². The zero-order chi connectivity index (χ0) is 20.5. The number of anilines is 1. The molecule has 5 nitrogen and oxygen atoms in total. The molecular formula is C20H16F3NO4. The average Bonchev–Trinajstić information content (AvgIpc) is 2.64. The summed E-state index contributed by atoms with van der Waals surface area (Å²) in [6.07, 6.45) is -4.66. The van der Waals surface area contributed by atoms with Gasteiger partial charge in [-0.2, -0.15) is 13.2 Å². The average molecular weight is 391 g/mol. The Hall–Kier alpha value is -3.29. The van der Waals surface area contributed by atoms with E-state index in [0.717, 1.165) is 12.1 Å². The summed E-state index contributed by atoms with van der Waals surface area (Å²) >= 11 is 0. The van der Waals surface area contributed by atoms with Gasteiger partial charge in [-0.15, -0.1) is 0 Å². The van der Waals surface area contributed by atoms with Crippen LogP contribution in [0.2, 0.25) is 0 Å². The SMILES string of the molecule is CN(CCC(=O)O)c1ccc2c(-c3ccccc3C(F)(F)F)cc(=O)oc2c1. The predicted octanol–water partition coefficient (Wildman–Crippen LogP) is 4.39. The number of nitrogens with zero attached hydrogens (tertiary/aromatic N) is 1. The molecule has 0 saturated carbocycles. The summed E-state index contributed by atoms with van der Waals surface area (Å²) in [5.41, 5.74) is -0.898. The van der Waals surface area contributed by atoms with E-state index in [9.17, 15) is 22.8 Å². The molecule has 0 aliphatic carbocycles. The van der Waals surface area contributed by atoms with Crippen LogP contribution in [0.3, 0.4) is 0 Å². The lowest BCUT2D eigenvalue weighted by molar-refractivity contribution is -0.137. The van der Waals surface area contributed by atoms with Crippen LogP contribution in [-0.4, -0.2) is 24.7 Å². The third-order valence-electron chi connectivity index (χ3n) is 4.35. The molecule has 1 aromatic heterocycles. The van der Waals surface area contributed by atoms with Gasteiger partial charge < -0.3 is 14.4 Å². The predicted molar refractivity (Wildman–Crippen MR) is 98.4 cm³/mol. The minimum Gasteiger partial charge on any atom is -0.481 e. The van der Waals surface area contributed by atoms with Gasteiger partial charge in [-0.3, -0.25) is 4.79 Å². The first-order valence-corrected chi connectivity index (χ1v) is 8.34. The fraction of sp³-hybridized carbons (Fsp3) is 0.200. The van der Waals surface area contributed by atoms with Gasteiger partial charge in [0, 0.05) is 42.4 Å². The second kappa shape index (κ2) is 7.38. The third-order valence-corrected chi connectivity index (χ3v) is 4.35. The lowest BCUT2D eigenvalue weighted by atomic mass is 9.96. The van der Waals surface area contributed by atoms with E-state index in [-0.39, 0.29) is 29.7 Å². The normalized spacial score (nSPS) is 11.6. The molecule has 0 unspecified atom stereocenters. The maximum atomic E-state index is 13.4. The highest BCUT2D eigenvalue weighted by molar-refractivity contribution is 5.95. The summed E-state index contributed by atoms with van der Waals surface area (Å²) in [6.45, 7) is 0.224. The van der Waals surface area contributed by atoms with E-state index in [1.807, 2.05) is 0 Å². The van der Waals surface area contributed by atoms with Gasteiger partial charge >= 0.3 is 17.8 Å². The van der Waals surface area contributed by atoms with E-state index in [1.54, 1.807) is 24.1 Å². The number of alkyl halides is 3. The topological polar surface area (TPSA) is 70.8 Å². The maximum Gasteiger partial charge on any atom is 0.417 e. The molecule has 2 aromatic carbocycles. The Labute approximate surface area is 157 Å². The van der Waals surface area contributed by atoms with Gasteiger partial charge in [-0.25, -0.2) is 4.79 Å². The molecule has 0 aliphatic heterocycles. The molecule has 1 N–H and O–H groups in total. The monoisotopic (exact) mass is 391 g/mol. The number of benzene rings is 2. The van der Waals surface area contributed by atoms with Gasteiger partial charge in [0.2, 0.25) is 0 Å². The van der Waals surface area contributed by atoms with Gasteiger partial charge in [0.25, 0.3) is 0 Å². The van der Waals surface area contributed by atoms with Crippen LogP contribution in [0.4, 0.5) is 18.9 Å². The van der Waals surface area contributed by atoms with Crippen LogP contribution < -0.4 is 10.5 Å². The van der Waals surface area contributed by atoms with Crippen molar-refractivity contribution >= 4 is 22.6 Å². The first-order valence-electron chi connectivity index (χ1n) is 8.34. The first-order chi connectivity index (χ1) is 13.2. The Kier molecular flexibility index (Phi) is 5.13. The van der Waals surface area contributed by atoms with E-state index in [2.05, 4.69) is 0 Å². The Bertz CT molecular complexity index is 1090. The molecule has 28 heavy (non-hydrogen) atoms. The van der Waals surface area contributed by atoms with E-state index in [1.165, 1.54) is 24.3 Å². The van der Waals surface area contributed by atoms with Crippen LogP contribution in [0.5, 0.6) is 0 Å². The number of carbonyl (C=O) groups is 1. The van der Waals surface area contributed by atoms with Gasteiger partial charge in [-0.05, 0) is 23.8 Å². The summed E-state index contributed by atoms with van der Waals surface area (Å²) in [7, 11) is 1.67. The number of aliphatic carboxylic acids is 1. The van der Waals surface area contributed by atoms with Crippen molar-refractivity contribution < 1.29 is 27.5 Å². The molecule has 0 amide bonds. The van der Waals surface area contributed by atoms with E-state index < -0.39 is 23.3 Å². The summed E-state index contributed by atoms with van der Waals surface area (Å²) in [4.78, 5) is 24.4. The molecule has 0 saturated heterocycles. The van der Waals surface area contributed by atoms with Gasteiger partial charge in [0.15, 0.2) is 0 Å². The second-order valence-corrected chi connectivity index (χ2v) is 6.27. The quantitative estimate of drug-likeness (QED) is 0.653. The van der Waals surface area contributed by atoms with Crippen molar-refractivity contribution in [1.82, 2.24) is 0 Å². The fourth-order valence-electron chi connectivity index (χ4n) is 2.97. The number of halogens is 3. The van der Waals surface area contributed by atoms with Crippen molar-refractivity contribution in [3.8, 4) is 11.1 Å². The van der Waals surface area contributed by atoms with E-state index in [0.29, 0.717) is 11.1 Å². The number of fused-ring (bicyclic) bond motifs is 1. The lowest BCUT2D eigenvalue weighted by Gasteiger charge is -2.19. The van der Waals surface area contributed by atoms with Gasteiger partial charge in [-0.1, -0.05) is 18.2 Å². The fourth-order valence-corrected chi connectivity index (χ4v) is 2.97. The number of rotatable bonds is 5. The van der Waals surface area contributed by atoms with E-state index in [4.69, 9.17) is 9.52 Å². The molecule has 3 rings (SSSR count). The van der Waals surface area contributed by atoms with Crippen molar-refractivity contribution in [2.24, 2.45) is 0 Å². The number of hydrogen-bond acceptors (Lipinski definition) is 4. The van der Waals surface area contributed by atoms with Crippen LogP contribution in [0.1, 0.15) is 12.0 Å². The Morgan fingerprint density at radius 3 is 2.50 bits per heavy atom. The highest BCUT2D eigenvalue weighted by Gasteiger charge is 2.33. The summed E-state index contributed by atoms with van der Waals surface area (Å²) in [5.74, 6) is -0.954. The smallest absolute Gasteiger partial charge is 0.417 e. The highest BCUT2D eigenvalue weighted by atomic mass is 19.4. The molecule has 0 spiro atoms. The Morgan fingerprint density at radius 1 is 1.11 bits per heavy atom. The van der Waals surface area contributed by atoms with Crippen LogP contribution in [-0.2, 0) is 11.0 Å². The van der Waals surface area contributed by atoms with Crippen molar-refractivity contribution in [3.63, 3.8) is 0 Å². The zero-order valence-electron chi connectivity index (χ0n) is 14.8. The van der Waals surface area contributed by atoms with Crippen LogP contribution in [0, 0.1) is 0 Å². The molecule has 0 aliphatic rings. The molecule has 0 fully saturated rings. The van der Waals surface area contributed by atoms with Crippen molar-refractivity contribution in [1.29, 1.82) is 0 Å². The van der Waals surface area contributed by atoms with Crippen LogP contribution in [0.15, 0.2) is 57.7 Å². The second-order valence-electron chi connectivity index (χ2n) is 6.27. The van der Waals surface area contributed by atoms with Crippen molar-refractivity contribution in [2.75, 3.05) is 18.5 Å². The zero-order valence-corrected chi connectivity index (χ0v) is 14.8. The van der Waals surface area contributed by atoms with Crippen molar-refractivity contribution in [2.45, 2.75) is 12.6 Å². The molecule has 146 valence electrons. The standard InChI is InChI=1S/C20H16F3NO4/c1-24(9-8-18(25)26)12-6-7-14-15(11-19(27)28-17(14)10-12)13-4-2-3-5-16(13)20(21,22)23/h2-7,10-11H,8-9H2,1H3,(H,25,26).